The number of nitrogens with one attached hydrogen (secondary N) is 1. The van der Waals surface area contributed by atoms with Gasteiger partial charge in [-0.05, 0) is 42.2 Å². The van der Waals surface area contributed by atoms with Crippen molar-refractivity contribution in [1.82, 2.24) is 0 Å². The minimum absolute atomic E-state index is 0.0887. The van der Waals surface area contributed by atoms with Crippen molar-refractivity contribution in [3.05, 3.63) is 58.1 Å². The second-order valence-corrected chi connectivity index (χ2v) is 6.95. The summed E-state index contributed by atoms with van der Waals surface area (Å²) in [7, 11) is 1.50. The summed E-state index contributed by atoms with van der Waals surface area (Å²) in [6.07, 6.45) is 0.186. The molecule has 2 aromatic carbocycles. The lowest BCUT2D eigenvalue weighted by molar-refractivity contribution is -0.116. The Hall–Kier alpha value is -2.33. The van der Waals surface area contributed by atoms with Gasteiger partial charge in [0.25, 0.3) is 0 Å². The Kier molecular flexibility index (Phi) is 6.81. The number of benzene rings is 2. The second kappa shape index (κ2) is 8.86. The van der Waals surface area contributed by atoms with Crippen molar-refractivity contribution in [2.24, 2.45) is 0 Å². The molecule has 0 aliphatic heterocycles. The van der Waals surface area contributed by atoms with Crippen molar-refractivity contribution in [2.75, 3.05) is 12.4 Å². The zero-order valence-electron chi connectivity index (χ0n) is 15.6. The molecule has 0 unspecified atom stereocenters. The molecule has 2 aromatic rings. The molecule has 0 saturated heterocycles. The van der Waals surface area contributed by atoms with Crippen LogP contribution in [0.3, 0.4) is 0 Å². The van der Waals surface area contributed by atoms with Crippen LogP contribution in [0, 0.1) is 6.92 Å². The van der Waals surface area contributed by atoms with Crippen LogP contribution < -0.4 is 10.1 Å². The van der Waals surface area contributed by atoms with E-state index in [1.807, 2.05) is 25.1 Å². The van der Waals surface area contributed by atoms with Crippen molar-refractivity contribution >= 4 is 29.0 Å². The highest BCUT2D eigenvalue weighted by Crippen LogP contribution is 2.28. The van der Waals surface area contributed by atoms with E-state index in [2.05, 4.69) is 19.2 Å². The number of ether oxygens (including phenoxy) is 1. The molecule has 0 radical (unpaired) electrons. The summed E-state index contributed by atoms with van der Waals surface area (Å²) in [4.78, 5) is 24.8. The first-order chi connectivity index (χ1) is 12.3. The molecule has 1 N–H and O–H groups in total. The third-order valence-corrected chi connectivity index (χ3v) is 4.47. The summed E-state index contributed by atoms with van der Waals surface area (Å²) in [5, 5.41) is 3.42. The standard InChI is InChI=1S/C21H24ClNO3/c1-13(2)16-7-5-6-14(3)21(16)23-20(25)11-9-18(24)17-12-15(22)8-10-19(17)26-4/h5-8,10,12-13H,9,11H2,1-4H3,(H,23,25). The fraction of sp³-hybridized carbons (Fsp3) is 0.333. The summed E-state index contributed by atoms with van der Waals surface area (Å²) < 4.78 is 5.20. The number of hydrogen-bond donors (Lipinski definition) is 1. The number of carbonyl (C=O) groups is 2. The van der Waals surface area contributed by atoms with Crippen molar-refractivity contribution in [3.8, 4) is 5.75 Å². The predicted octanol–water partition coefficient (Wildman–Crippen LogP) is 5.38. The maximum atomic E-state index is 12.5. The van der Waals surface area contributed by atoms with E-state index in [9.17, 15) is 9.59 Å². The Balaban J connectivity index is 2.06. The largest absolute Gasteiger partial charge is 0.496 e. The number of aryl methyl sites for hydroxylation is 1. The highest BCUT2D eigenvalue weighted by Gasteiger charge is 2.16. The van der Waals surface area contributed by atoms with Gasteiger partial charge in [-0.3, -0.25) is 9.59 Å². The molecule has 0 heterocycles. The number of carbonyl (C=O) groups excluding carboxylic acids is 2. The van der Waals surface area contributed by atoms with E-state index in [0.717, 1.165) is 16.8 Å². The molecule has 0 aliphatic carbocycles. The van der Waals surface area contributed by atoms with Gasteiger partial charge >= 0.3 is 0 Å². The summed E-state index contributed by atoms with van der Waals surface area (Å²) >= 11 is 5.97. The molecular weight excluding hydrogens is 350 g/mol. The number of methoxy groups -OCH3 is 1. The maximum absolute atomic E-state index is 12.5. The van der Waals surface area contributed by atoms with Crippen LogP contribution in [-0.2, 0) is 4.79 Å². The van der Waals surface area contributed by atoms with E-state index in [1.54, 1.807) is 18.2 Å². The molecule has 0 aliphatic rings. The average Bonchev–Trinajstić information content (AvgIpc) is 2.61. The van der Waals surface area contributed by atoms with E-state index in [4.69, 9.17) is 16.3 Å². The van der Waals surface area contributed by atoms with Gasteiger partial charge in [0.1, 0.15) is 5.75 Å². The molecule has 0 bridgehead atoms. The van der Waals surface area contributed by atoms with E-state index in [-0.39, 0.29) is 24.5 Å². The van der Waals surface area contributed by atoms with Crippen LogP contribution in [0.5, 0.6) is 5.75 Å². The van der Waals surface area contributed by atoms with Crippen molar-refractivity contribution < 1.29 is 14.3 Å². The van der Waals surface area contributed by atoms with Gasteiger partial charge in [0.05, 0.1) is 12.7 Å². The molecule has 26 heavy (non-hydrogen) atoms. The third kappa shape index (κ3) is 4.85. The van der Waals surface area contributed by atoms with Gasteiger partial charge < -0.3 is 10.1 Å². The van der Waals surface area contributed by atoms with Gasteiger partial charge in [0.15, 0.2) is 5.78 Å². The maximum Gasteiger partial charge on any atom is 0.224 e. The molecule has 4 nitrogen and oxygen atoms in total. The second-order valence-electron chi connectivity index (χ2n) is 6.51. The van der Waals surface area contributed by atoms with Gasteiger partial charge in [-0.2, -0.15) is 0 Å². The summed E-state index contributed by atoms with van der Waals surface area (Å²) in [5.41, 5.74) is 3.32. The van der Waals surface area contributed by atoms with Crippen LogP contribution in [0.25, 0.3) is 0 Å². The summed E-state index contributed by atoms with van der Waals surface area (Å²) in [6.45, 7) is 6.13. The van der Waals surface area contributed by atoms with Gasteiger partial charge in [-0.25, -0.2) is 0 Å². The van der Waals surface area contributed by atoms with E-state index >= 15 is 0 Å². The summed E-state index contributed by atoms with van der Waals surface area (Å²) in [6, 6.07) is 10.8. The van der Waals surface area contributed by atoms with Crippen LogP contribution in [0.4, 0.5) is 5.69 Å². The Bertz CT molecular complexity index is 815. The van der Waals surface area contributed by atoms with Gasteiger partial charge in [-0.15, -0.1) is 0 Å². The molecule has 0 fully saturated rings. The zero-order chi connectivity index (χ0) is 19.3. The van der Waals surface area contributed by atoms with E-state index in [1.165, 1.54) is 7.11 Å². The summed E-state index contributed by atoms with van der Waals surface area (Å²) in [5.74, 6) is 0.396. The smallest absolute Gasteiger partial charge is 0.224 e. The number of ketones is 1. The molecule has 0 spiro atoms. The molecule has 1 amide bonds. The van der Waals surface area contributed by atoms with Crippen molar-refractivity contribution in [2.45, 2.75) is 39.5 Å². The fourth-order valence-corrected chi connectivity index (χ4v) is 2.98. The van der Waals surface area contributed by atoms with Gasteiger partial charge in [0.2, 0.25) is 5.91 Å². The van der Waals surface area contributed by atoms with Crippen LogP contribution in [0.15, 0.2) is 36.4 Å². The highest BCUT2D eigenvalue weighted by molar-refractivity contribution is 6.31. The Morgan fingerprint density at radius 1 is 1.15 bits per heavy atom. The number of amides is 1. The molecule has 5 heteroatoms. The first-order valence-electron chi connectivity index (χ1n) is 8.59. The van der Waals surface area contributed by atoms with E-state index in [0.29, 0.717) is 22.3 Å². The fourth-order valence-electron chi connectivity index (χ4n) is 2.80. The SMILES string of the molecule is COc1ccc(Cl)cc1C(=O)CCC(=O)Nc1c(C)cccc1C(C)C. The number of rotatable bonds is 7. The number of hydrogen-bond acceptors (Lipinski definition) is 3. The number of Topliss-reactive ketones (excluding diaryl/α,β-unsaturated/α-hetero) is 1. The number of anilines is 1. The quantitative estimate of drug-likeness (QED) is 0.662. The Morgan fingerprint density at radius 3 is 2.54 bits per heavy atom. The lowest BCUT2D eigenvalue weighted by Crippen LogP contribution is -2.16. The molecule has 0 saturated carbocycles. The third-order valence-electron chi connectivity index (χ3n) is 4.23. The normalized spacial score (nSPS) is 10.7. The first-order valence-corrected chi connectivity index (χ1v) is 8.97. The Morgan fingerprint density at radius 2 is 1.88 bits per heavy atom. The van der Waals surface area contributed by atoms with Crippen molar-refractivity contribution in [3.63, 3.8) is 0 Å². The Labute approximate surface area is 159 Å². The van der Waals surface area contributed by atoms with Crippen LogP contribution in [0.1, 0.15) is 54.1 Å². The van der Waals surface area contributed by atoms with Crippen LogP contribution >= 0.6 is 11.6 Å². The van der Waals surface area contributed by atoms with Gasteiger partial charge in [0, 0.05) is 23.6 Å². The minimum atomic E-state index is -0.185. The zero-order valence-corrected chi connectivity index (χ0v) is 16.3. The lowest BCUT2D eigenvalue weighted by Gasteiger charge is -2.16. The van der Waals surface area contributed by atoms with Gasteiger partial charge in [-0.1, -0.05) is 43.6 Å². The average molecular weight is 374 g/mol. The van der Waals surface area contributed by atoms with Crippen LogP contribution in [-0.4, -0.2) is 18.8 Å². The molecule has 0 aromatic heterocycles. The molecule has 2 rings (SSSR count). The molecule has 0 atom stereocenters. The van der Waals surface area contributed by atoms with Crippen molar-refractivity contribution in [1.29, 1.82) is 0 Å². The minimum Gasteiger partial charge on any atom is -0.496 e. The van der Waals surface area contributed by atoms with E-state index < -0.39 is 0 Å². The number of para-hydroxylation sites is 1. The number of halogens is 1. The topological polar surface area (TPSA) is 55.4 Å². The monoisotopic (exact) mass is 373 g/mol. The first kappa shape index (κ1) is 20.0. The predicted molar refractivity (Wildman–Crippen MR) is 105 cm³/mol. The molecule has 138 valence electrons. The highest BCUT2D eigenvalue weighted by atomic mass is 35.5. The van der Waals surface area contributed by atoms with Crippen LogP contribution in [0.2, 0.25) is 5.02 Å². The molecular formula is C21H24ClNO3. The lowest BCUT2D eigenvalue weighted by atomic mass is 9.98.